The molecule has 0 spiro atoms. The number of nitrogens with zero attached hydrogens (tertiary/aromatic N) is 2. The minimum Gasteiger partial charge on any atom is -0.493 e. The van der Waals surface area contributed by atoms with E-state index in [4.69, 9.17) is 10.00 Å². The number of hydrogen-bond donors (Lipinski definition) is 0. The Morgan fingerprint density at radius 1 is 1.22 bits per heavy atom. The molecule has 4 heteroatoms. The normalized spacial score (nSPS) is 11.7. The highest BCUT2D eigenvalue weighted by atomic mass is 16.5. The smallest absolute Gasteiger partial charge is 0.269 e. The number of ether oxygens (including phenoxy) is 1. The fourth-order valence-electron chi connectivity index (χ4n) is 2.49. The summed E-state index contributed by atoms with van der Waals surface area (Å²) in [5, 5.41) is 9.14. The highest BCUT2D eigenvalue weighted by Gasteiger charge is 2.17. The van der Waals surface area contributed by atoms with E-state index in [0.717, 1.165) is 29.8 Å². The maximum atomic E-state index is 12.6. The van der Waals surface area contributed by atoms with E-state index in [1.807, 2.05) is 50.2 Å². The van der Waals surface area contributed by atoms with E-state index in [-0.39, 0.29) is 17.2 Å². The molecule has 120 valence electrons. The zero-order chi connectivity index (χ0) is 16.8. The monoisotopic (exact) mass is 310 g/mol. The molecule has 2 rings (SSSR count). The van der Waals surface area contributed by atoms with E-state index in [2.05, 4.69) is 6.92 Å². The Kier molecular flexibility index (Phi) is 5.59. The van der Waals surface area contributed by atoms with E-state index in [9.17, 15) is 4.79 Å². The predicted molar refractivity (Wildman–Crippen MR) is 91.6 cm³/mol. The lowest BCUT2D eigenvalue weighted by molar-refractivity contribution is 0.318. The molecule has 0 saturated heterocycles. The van der Waals surface area contributed by atoms with Gasteiger partial charge in [0.2, 0.25) is 0 Å². The highest BCUT2D eigenvalue weighted by molar-refractivity contribution is 5.68. The Morgan fingerprint density at radius 2 is 1.96 bits per heavy atom. The Balaban J connectivity index is 2.67. The van der Waals surface area contributed by atoms with Crippen molar-refractivity contribution < 1.29 is 4.74 Å². The number of benzene rings is 1. The summed E-state index contributed by atoms with van der Waals surface area (Å²) < 4.78 is 7.53. The van der Waals surface area contributed by atoms with Gasteiger partial charge in [0.1, 0.15) is 17.4 Å². The van der Waals surface area contributed by atoms with Crippen LogP contribution in [0.15, 0.2) is 41.2 Å². The van der Waals surface area contributed by atoms with Crippen LogP contribution in [0.1, 0.15) is 45.2 Å². The zero-order valence-electron chi connectivity index (χ0n) is 13.9. The molecule has 0 bridgehead atoms. The first-order valence-corrected chi connectivity index (χ1v) is 8.01. The quantitative estimate of drug-likeness (QED) is 0.805. The summed E-state index contributed by atoms with van der Waals surface area (Å²) in [5.74, 6) is 0.760. The van der Waals surface area contributed by atoms with Crippen LogP contribution >= 0.6 is 0 Å². The summed E-state index contributed by atoms with van der Waals surface area (Å²) in [6.45, 7) is 6.70. The van der Waals surface area contributed by atoms with Crippen LogP contribution in [0.25, 0.3) is 11.3 Å². The summed E-state index contributed by atoms with van der Waals surface area (Å²) >= 11 is 0. The SMILES string of the molecule is CCCOc1ccccc1-c1ccc(C#N)c(=O)n1C(C)CC. The van der Waals surface area contributed by atoms with Crippen LogP contribution in [-0.2, 0) is 0 Å². The predicted octanol–water partition coefficient (Wildman–Crippen LogP) is 4.15. The Morgan fingerprint density at radius 3 is 2.61 bits per heavy atom. The van der Waals surface area contributed by atoms with Gasteiger partial charge < -0.3 is 9.30 Å². The summed E-state index contributed by atoms with van der Waals surface area (Å²) in [6.07, 6.45) is 1.72. The number of nitriles is 1. The molecule has 0 amide bonds. The maximum absolute atomic E-state index is 12.6. The molecule has 0 aliphatic carbocycles. The summed E-state index contributed by atoms with van der Waals surface area (Å²) in [5.41, 5.74) is 1.59. The van der Waals surface area contributed by atoms with E-state index in [0.29, 0.717) is 6.61 Å². The third kappa shape index (κ3) is 3.45. The zero-order valence-corrected chi connectivity index (χ0v) is 13.9. The average molecular weight is 310 g/mol. The van der Waals surface area contributed by atoms with E-state index in [1.165, 1.54) is 0 Å². The summed E-state index contributed by atoms with van der Waals surface area (Å²) in [4.78, 5) is 12.6. The van der Waals surface area contributed by atoms with Gasteiger partial charge in [-0.2, -0.15) is 5.26 Å². The van der Waals surface area contributed by atoms with Crippen molar-refractivity contribution in [1.29, 1.82) is 5.26 Å². The van der Waals surface area contributed by atoms with Crippen LogP contribution in [0, 0.1) is 11.3 Å². The average Bonchev–Trinajstić information content (AvgIpc) is 2.59. The molecule has 2 aromatic rings. The van der Waals surface area contributed by atoms with Crippen molar-refractivity contribution in [3.63, 3.8) is 0 Å². The van der Waals surface area contributed by atoms with Gasteiger partial charge in [0.15, 0.2) is 0 Å². The Labute approximate surface area is 137 Å². The fourth-order valence-corrected chi connectivity index (χ4v) is 2.49. The maximum Gasteiger partial charge on any atom is 0.269 e. The van der Waals surface area contributed by atoms with Gasteiger partial charge in [-0.25, -0.2) is 0 Å². The summed E-state index contributed by atoms with van der Waals surface area (Å²) in [7, 11) is 0. The molecular formula is C19H22N2O2. The van der Waals surface area contributed by atoms with Crippen LogP contribution < -0.4 is 10.3 Å². The second-order valence-electron chi connectivity index (χ2n) is 5.52. The second-order valence-corrected chi connectivity index (χ2v) is 5.52. The molecule has 1 atom stereocenters. The van der Waals surface area contributed by atoms with Crippen LogP contribution in [0.5, 0.6) is 5.75 Å². The third-order valence-electron chi connectivity index (χ3n) is 3.89. The van der Waals surface area contributed by atoms with E-state index < -0.39 is 0 Å². The van der Waals surface area contributed by atoms with Crippen LogP contribution in [0.2, 0.25) is 0 Å². The number of aromatic nitrogens is 1. The molecule has 1 heterocycles. The standard InChI is InChI=1S/C19H22N2O2/c1-4-12-23-18-9-7-6-8-16(18)17-11-10-15(13-20)19(22)21(17)14(3)5-2/h6-11,14H,4-5,12H2,1-3H3. The number of rotatable bonds is 6. The van der Waals surface area contributed by atoms with E-state index >= 15 is 0 Å². The number of pyridine rings is 1. The lowest BCUT2D eigenvalue weighted by Crippen LogP contribution is -2.26. The summed E-state index contributed by atoms with van der Waals surface area (Å²) in [6, 6.07) is 13.1. The van der Waals surface area contributed by atoms with Gasteiger partial charge in [0.05, 0.1) is 12.3 Å². The molecule has 1 unspecified atom stereocenters. The van der Waals surface area contributed by atoms with Crippen molar-refractivity contribution in [2.24, 2.45) is 0 Å². The van der Waals surface area contributed by atoms with Crippen molar-refractivity contribution in [3.8, 4) is 23.1 Å². The van der Waals surface area contributed by atoms with Gasteiger partial charge in [0, 0.05) is 11.6 Å². The first-order chi connectivity index (χ1) is 11.1. The molecule has 1 aromatic heterocycles. The molecule has 0 radical (unpaired) electrons. The molecule has 1 aromatic carbocycles. The van der Waals surface area contributed by atoms with Crippen molar-refractivity contribution in [2.45, 2.75) is 39.7 Å². The molecular weight excluding hydrogens is 288 g/mol. The molecule has 0 N–H and O–H groups in total. The third-order valence-corrected chi connectivity index (χ3v) is 3.89. The van der Waals surface area contributed by atoms with Gasteiger partial charge in [-0.05, 0) is 44.0 Å². The van der Waals surface area contributed by atoms with Gasteiger partial charge in [-0.15, -0.1) is 0 Å². The molecule has 4 nitrogen and oxygen atoms in total. The fraction of sp³-hybridized carbons (Fsp3) is 0.368. The van der Waals surface area contributed by atoms with Gasteiger partial charge >= 0.3 is 0 Å². The molecule has 0 aliphatic heterocycles. The van der Waals surface area contributed by atoms with Crippen LogP contribution in [-0.4, -0.2) is 11.2 Å². The highest BCUT2D eigenvalue weighted by Crippen LogP contribution is 2.31. The molecule has 0 saturated carbocycles. The van der Waals surface area contributed by atoms with Crippen molar-refractivity contribution in [1.82, 2.24) is 4.57 Å². The Bertz CT molecular complexity index is 772. The lowest BCUT2D eigenvalue weighted by atomic mass is 10.1. The topological polar surface area (TPSA) is 55.0 Å². The molecule has 0 aliphatic rings. The largest absolute Gasteiger partial charge is 0.493 e. The lowest BCUT2D eigenvalue weighted by Gasteiger charge is -2.20. The van der Waals surface area contributed by atoms with Gasteiger partial charge in [-0.3, -0.25) is 4.79 Å². The van der Waals surface area contributed by atoms with Gasteiger partial charge in [0.25, 0.3) is 5.56 Å². The van der Waals surface area contributed by atoms with Gasteiger partial charge in [-0.1, -0.05) is 26.0 Å². The first-order valence-electron chi connectivity index (χ1n) is 8.01. The Hall–Kier alpha value is -2.54. The second kappa shape index (κ2) is 7.64. The van der Waals surface area contributed by atoms with Crippen molar-refractivity contribution in [3.05, 3.63) is 52.3 Å². The minimum absolute atomic E-state index is 0.00466. The van der Waals surface area contributed by atoms with Crippen LogP contribution in [0.3, 0.4) is 0 Å². The van der Waals surface area contributed by atoms with Crippen LogP contribution in [0.4, 0.5) is 0 Å². The molecule has 23 heavy (non-hydrogen) atoms. The van der Waals surface area contributed by atoms with Crippen molar-refractivity contribution in [2.75, 3.05) is 6.61 Å². The minimum atomic E-state index is -0.246. The molecule has 0 fully saturated rings. The number of hydrogen-bond acceptors (Lipinski definition) is 3. The number of para-hydroxylation sites is 1. The van der Waals surface area contributed by atoms with Crippen molar-refractivity contribution >= 4 is 0 Å². The van der Waals surface area contributed by atoms with E-state index in [1.54, 1.807) is 10.6 Å². The first kappa shape index (κ1) is 16.8.